The van der Waals surface area contributed by atoms with E-state index in [4.69, 9.17) is 0 Å². The number of hydrogen-bond donors (Lipinski definition) is 0. The van der Waals surface area contributed by atoms with Crippen molar-refractivity contribution in [2.75, 3.05) is 0 Å². The van der Waals surface area contributed by atoms with E-state index in [0.29, 0.717) is 0 Å². The summed E-state index contributed by atoms with van der Waals surface area (Å²) >= 11 is 0. The number of allylic oxidation sites excluding steroid dienone is 2. The van der Waals surface area contributed by atoms with Gasteiger partial charge in [0.05, 0.1) is 6.33 Å². The molecule has 0 amide bonds. The van der Waals surface area contributed by atoms with Gasteiger partial charge >= 0.3 is 0 Å². The molecule has 1 heterocycles. The van der Waals surface area contributed by atoms with Gasteiger partial charge in [0.1, 0.15) is 0 Å². The lowest BCUT2D eigenvalue weighted by molar-refractivity contribution is -0.112. The van der Waals surface area contributed by atoms with Gasteiger partial charge in [0.25, 0.3) is 0 Å². The number of imidazole rings is 1. The van der Waals surface area contributed by atoms with Crippen LogP contribution in [0.1, 0.15) is 13.8 Å². The molecular formula is C8H10N2O. The van der Waals surface area contributed by atoms with Crippen LogP contribution in [0.3, 0.4) is 0 Å². The molecule has 0 bridgehead atoms. The minimum Gasteiger partial charge on any atom is -0.310 e. The van der Waals surface area contributed by atoms with Gasteiger partial charge < -0.3 is 4.57 Å². The zero-order valence-electron chi connectivity index (χ0n) is 6.61. The Labute approximate surface area is 65.4 Å². The largest absolute Gasteiger partial charge is 0.310 e. The fourth-order valence-electron chi connectivity index (χ4n) is 0.836. The normalized spacial score (nSPS) is 11.6. The third-order valence-corrected chi connectivity index (χ3v) is 1.32. The van der Waals surface area contributed by atoms with E-state index in [1.807, 2.05) is 6.92 Å². The Kier molecular flexibility index (Phi) is 2.21. The zero-order chi connectivity index (χ0) is 8.27. The van der Waals surface area contributed by atoms with Gasteiger partial charge in [0, 0.05) is 24.2 Å². The SMILES string of the molecule is CC(=O)/C=C(\C)n1ccnc1. The molecule has 1 aromatic rings. The number of rotatable bonds is 2. The van der Waals surface area contributed by atoms with Crippen molar-refractivity contribution in [1.29, 1.82) is 0 Å². The van der Waals surface area contributed by atoms with Gasteiger partial charge in [-0.15, -0.1) is 0 Å². The van der Waals surface area contributed by atoms with Crippen molar-refractivity contribution >= 4 is 11.5 Å². The van der Waals surface area contributed by atoms with Gasteiger partial charge in [-0.2, -0.15) is 0 Å². The first-order valence-electron chi connectivity index (χ1n) is 3.37. The topological polar surface area (TPSA) is 34.9 Å². The summed E-state index contributed by atoms with van der Waals surface area (Å²) in [6.07, 6.45) is 6.71. The summed E-state index contributed by atoms with van der Waals surface area (Å²) in [5.74, 6) is 0.0520. The third kappa shape index (κ3) is 2.04. The van der Waals surface area contributed by atoms with Crippen LogP contribution in [0, 0.1) is 0 Å². The Morgan fingerprint density at radius 1 is 1.55 bits per heavy atom. The first-order chi connectivity index (χ1) is 5.20. The van der Waals surface area contributed by atoms with E-state index in [1.54, 1.807) is 29.4 Å². The van der Waals surface area contributed by atoms with E-state index in [9.17, 15) is 4.79 Å². The highest BCUT2D eigenvalue weighted by Crippen LogP contribution is 2.00. The van der Waals surface area contributed by atoms with E-state index in [-0.39, 0.29) is 5.78 Å². The van der Waals surface area contributed by atoms with E-state index in [2.05, 4.69) is 4.98 Å². The fraction of sp³-hybridized carbons (Fsp3) is 0.250. The summed E-state index contributed by atoms with van der Waals surface area (Å²) in [5, 5.41) is 0. The molecule has 0 N–H and O–H groups in total. The average Bonchev–Trinajstić information content (AvgIpc) is 2.35. The summed E-state index contributed by atoms with van der Waals surface area (Å²) in [7, 11) is 0. The van der Waals surface area contributed by atoms with Gasteiger partial charge in [0.15, 0.2) is 5.78 Å². The zero-order valence-corrected chi connectivity index (χ0v) is 6.61. The molecule has 3 nitrogen and oxygen atoms in total. The molecule has 0 aliphatic heterocycles. The number of hydrogen-bond acceptors (Lipinski definition) is 2. The summed E-state index contributed by atoms with van der Waals surface area (Å²) < 4.78 is 1.79. The van der Waals surface area contributed by atoms with Crippen LogP contribution in [0.25, 0.3) is 5.70 Å². The predicted molar refractivity (Wildman–Crippen MR) is 42.9 cm³/mol. The first-order valence-corrected chi connectivity index (χ1v) is 3.37. The molecule has 3 heteroatoms. The second-order valence-corrected chi connectivity index (χ2v) is 2.37. The van der Waals surface area contributed by atoms with Crippen molar-refractivity contribution in [1.82, 2.24) is 9.55 Å². The Morgan fingerprint density at radius 2 is 2.27 bits per heavy atom. The van der Waals surface area contributed by atoms with Crippen LogP contribution in [-0.4, -0.2) is 15.3 Å². The van der Waals surface area contributed by atoms with Crippen molar-refractivity contribution in [3.05, 3.63) is 24.8 Å². The third-order valence-electron chi connectivity index (χ3n) is 1.32. The highest BCUT2D eigenvalue weighted by Gasteiger charge is 1.92. The van der Waals surface area contributed by atoms with E-state index in [1.165, 1.54) is 6.92 Å². The van der Waals surface area contributed by atoms with Gasteiger partial charge in [-0.3, -0.25) is 4.79 Å². The first kappa shape index (κ1) is 7.72. The maximum Gasteiger partial charge on any atom is 0.154 e. The second-order valence-electron chi connectivity index (χ2n) is 2.37. The highest BCUT2D eigenvalue weighted by atomic mass is 16.1. The molecule has 0 unspecified atom stereocenters. The van der Waals surface area contributed by atoms with Crippen molar-refractivity contribution in [2.45, 2.75) is 13.8 Å². The van der Waals surface area contributed by atoms with Crippen LogP contribution in [0.4, 0.5) is 0 Å². The van der Waals surface area contributed by atoms with E-state index in [0.717, 1.165) is 5.70 Å². The highest BCUT2D eigenvalue weighted by molar-refractivity contribution is 5.91. The average molecular weight is 150 g/mol. The molecule has 0 radical (unpaired) electrons. The Bertz CT molecular complexity index is 272. The molecule has 11 heavy (non-hydrogen) atoms. The lowest BCUT2D eigenvalue weighted by Gasteiger charge is -1.98. The molecule has 1 rings (SSSR count). The molecule has 1 aromatic heterocycles. The van der Waals surface area contributed by atoms with Crippen molar-refractivity contribution < 1.29 is 4.79 Å². The summed E-state index contributed by atoms with van der Waals surface area (Å²) in [6, 6.07) is 0. The van der Waals surface area contributed by atoms with Crippen molar-refractivity contribution in [3.8, 4) is 0 Å². The molecule has 0 fully saturated rings. The van der Waals surface area contributed by atoms with Crippen molar-refractivity contribution in [2.24, 2.45) is 0 Å². The number of nitrogens with zero attached hydrogens (tertiary/aromatic N) is 2. The molecule has 58 valence electrons. The minimum absolute atomic E-state index is 0.0520. The monoisotopic (exact) mass is 150 g/mol. The Morgan fingerprint density at radius 3 is 2.73 bits per heavy atom. The molecule has 0 saturated carbocycles. The quantitative estimate of drug-likeness (QED) is 0.596. The van der Waals surface area contributed by atoms with Crippen LogP contribution in [0.2, 0.25) is 0 Å². The molecule has 0 aliphatic carbocycles. The van der Waals surface area contributed by atoms with Crippen LogP contribution in [-0.2, 0) is 4.79 Å². The molecule has 0 aliphatic rings. The number of carbonyl (C=O) groups excluding carboxylic acids is 1. The maximum atomic E-state index is 10.6. The van der Waals surface area contributed by atoms with Crippen molar-refractivity contribution in [3.63, 3.8) is 0 Å². The molecule has 0 atom stereocenters. The standard InChI is InChI=1S/C8H10N2O/c1-7(5-8(2)11)10-4-3-9-6-10/h3-6H,1-2H3/b7-5+. The molecule has 0 spiro atoms. The van der Waals surface area contributed by atoms with E-state index >= 15 is 0 Å². The molecular weight excluding hydrogens is 140 g/mol. The Balaban J connectivity index is 2.86. The lowest BCUT2D eigenvalue weighted by Crippen LogP contribution is -1.92. The lowest BCUT2D eigenvalue weighted by atomic mass is 10.3. The fourth-order valence-corrected chi connectivity index (χ4v) is 0.836. The summed E-state index contributed by atoms with van der Waals surface area (Å²) in [6.45, 7) is 3.39. The molecule has 0 aromatic carbocycles. The van der Waals surface area contributed by atoms with Gasteiger partial charge in [-0.25, -0.2) is 4.98 Å². The second kappa shape index (κ2) is 3.14. The number of ketones is 1. The summed E-state index contributed by atoms with van der Waals surface area (Å²) in [5.41, 5.74) is 0.884. The summed E-state index contributed by atoms with van der Waals surface area (Å²) in [4.78, 5) is 14.5. The maximum absolute atomic E-state index is 10.6. The van der Waals surface area contributed by atoms with Crippen LogP contribution < -0.4 is 0 Å². The Hall–Kier alpha value is -1.38. The van der Waals surface area contributed by atoms with E-state index < -0.39 is 0 Å². The minimum atomic E-state index is 0.0520. The van der Waals surface area contributed by atoms with Gasteiger partial charge in [-0.1, -0.05) is 0 Å². The van der Waals surface area contributed by atoms with Gasteiger partial charge in [0.2, 0.25) is 0 Å². The van der Waals surface area contributed by atoms with Crippen LogP contribution in [0.15, 0.2) is 24.8 Å². The van der Waals surface area contributed by atoms with Crippen LogP contribution in [0.5, 0.6) is 0 Å². The smallest absolute Gasteiger partial charge is 0.154 e. The number of carbonyl (C=O) groups is 1. The molecule has 0 saturated heterocycles. The van der Waals surface area contributed by atoms with Gasteiger partial charge in [-0.05, 0) is 13.8 Å². The predicted octanol–water partition coefficient (Wildman–Crippen LogP) is 1.33. The number of aromatic nitrogens is 2. The van der Waals surface area contributed by atoms with Crippen LogP contribution >= 0.6 is 0 Å².